The molecule has 0 amide bonds. The normalized spacial score (nSPS) is 22.1. The average Bonchev–Trinajstić information content (AvgIpc) is 2.89. The van der Waals surface area contributed by atoms with E-state index >= 15 is 0 Å². The maximum absolute atomic E-state index is 6.08. The van der Waals surface area contributed by atoms with E-state index in [9.17, 15) is 0 Å². The number of benzene rings is 2. The first-order valence-corrected chi connectivity index (χ1v) is 14.4. The third-order valence-corrected chi connectivity index (χ3v) is 8.27. The van der Waals surface area contributed by atoms with Crippen LogP contribution < -0.4 is 16.4 Å². The molecule has 1 atom stereocenters. The van der Waals surface area contributed by atoms with Crippen molar-refractivity contribution in [2.45, 2.75) is 103 Å². The van der Waals surface area contributed by atoms with Gasteiger partial charge in [-0.25, -0.2) is 0 Å². The summed E-state index contributed by atoms with van der Waals surface area (Å²) in [6.07, 6.45) is 8.15. The first kappa shape index (κ1) is 27.3. The van der Waals surface area contributed by atoms with Gasteiger partial charge in [-0.3, -0.25) is 0 Å². The Kier molecular flexibility index (Phi) is 10.4. The second-order valence-electron chi connectivity index (χ2n) is 11.8. The summed E-state index contributed by atoms with van der Waals surface area (Å²) in [7, 11) is 0. The zero-order chi connectivity index (χ0) is 25.3. The predicted octanol–water partition coefficient (Wildman–Crippen LogP) is 6.03. The van der Waals surface area contributed by atoms with Crippen molar-refractivity contribution in [3.63, 3.8) is 0 Å². The molecular formula is C32H49N3O. The quantitative estimate of drug-likeness (QED) is 0.359. The van der Waals surface area contributed by atoms with Gasteiger partial charge in [-0.15, -0.1) is 0 Å². The van der Waals surface area contributed by atoms with Crippen molar-refractivity contribution in [1.82, 2.24) is 10.6 Å². The van der Waals surface area contributed by atoms with Gasteiger partial charge in [0.25, 0.3) is 0 Å². The lowest BCUT2D eigenvalue weighted by Crippen LogP contribution is -2.37. The Balaban J connectivity index is 1.34. The molecule has 0 bridgehead atoms. The highest BCUT2D eigenvalue weighted by Gasteiger charge is 2.18. The van der Waals surface area contributed by atoms with Gasteiger partial charge in [0, 0.05) is 38.4 Å². The molecule has 1 unspecified atom stereocenters. The van der Waals surface area contributed by atoms with Gasteiger partial charge in [-0.1, -0.05) is 63.2 Å². The minimum Gasteiger partial charge on any atom is -0.381 e. The van der Waals surface area contributed by atoms with E-state index in [0.29, 0.717) is 23.9 Å². The average molecular weight is 492 g/mol. The maximum atomic E-state index is 6.08. The summed E-state index contributed by atoms with van der Waals surface area (Å²) in [5.74, 6) is 1.78. The zero-order valence-corrected chi connectivity index (χ0v) is 22.9. The molecule has 0 spiro atoms. The summed E-state index contributed by atoms with van der Waals surface area (Å²) in [5, 5.41) is 7.51. The van der Waals surface area contributed by atoms with Crippen molar-refractivity contribution in [2.75, 3.05) is 19.8 Å². The minimum atomic E-state index is 0.407. The molecule has 2 fully saturated rings. The first-order chi connectivity index (χ1) is 17.5. The van der Waals surface area contributed by atoms with Crippen LogP contribution in [0, 0.1) is 5.92 Å². The topological polar surface area (TPSA) is 59.3 Å². The summed E-state index contributed by atoms with van der Waals surface area (Å²) in [5.41, 5.74) is 13.2. The highest BCUT2D eigenvalue weighted by Crippen LogP contribution is 2.26. The number of nitrogens with two attached hydrogens (primary N) is 1. The zero-order valence-electron chi connectivity index (χ0n) is 22.9. The second-order valence-corrected chi connectivity index (χ2v) is 11.8. The van der Waals surface area contributed by atoms with E-state index in [4.69, 9.17) is 10.5 Å². The number of hydrogen-bond donors (Lipinski definition) is 3. The number of hydrogen-bond acceptors (Lipinski definition) is 4. The molecule has 1 heterocycles. The lowest BCUT2D eigenvalue weighted by atomic mass is 9.89. The molecule has 0 radical (unpaired) electrons. The van der Waals surface area contributed by atoms with Crippen molar-refractivity contribution in [1.29, 1.82) is 0 Å². The monoisotopic (exact) mass is 491 g/mol. The molecule has 1 aliphatic carbocycles. The van der Waals surface area contributed by atoms with E-state index in [1.165, 1.54) is 53.5 Å². The van der Waals surface area contributed by atoms with Gasteiger partial charge in [0.2, 0.25) is 0 Å². The van der Waals surface area contributed by atoms with E-state index in [0.717, 1.165) is 58.0 Å². The van der Waals surface area contributed by atoms with Crippen LogP contribution in [0.3, 0.4) is 0 Å². The van der Waals surface area contributed by atoms with Crippen LogP contribution in [-0.4, -0.2) is 31.8 Å². The highest BCUT2D eigenvalue weighted by atomic mass is 16.5. The van der Waals surface area contributed by atoms with E-state index in [1.807, 2.05) is 0 Å². The Morgan fingerprint density at radius 3 is 2.31 bits per heavy atom. The standard InChI is InChI=1S/C32H49N3O/c1-23(2)30-18-27(16-28(19-30)21-34-20-25-11-13-36-14-12-25)15-24(3)29-6-4-5-26(17-29)22-35-32-9-7-31(33)8-10-32/h4-6,16-19,23-25,31-32,34-35H,7-15,20-22,33H2,1-3H3. The van der Waals surface area contributed by atoms with Gasteiger partial charge in [0.15, 0.2) is 0 Å². The van der Waals surface area contributed by atoms with Gasteiger partial charge in [0.05, 0.1) is 0 Å². The van der Waals surface area contributed by atoms with Gasteiger partial charge >= 0.3 is 0 Å². The van der Waals surface area contributed by atoms with Crippen LogP contribution in [0.2, 0.25) is 0 Å². The second kappa shape index (κ2) is 13.7. The molecule has 1 saturated heterocycles. The highest BCUT2D eigenvalue weighted by molar-refractivity contribution is 5.34. The van der Waals surface area contributed by atoms with Gasteiger partial charge in [-0.2, -0.15) is 0 Å². The third kappa shape index (κ3) is 8.41. The summed E-state index contributed by atoms with van der Waals surface area (Å²) in [4.78, 5) is 0. The lowest BCUT2D eigenvalue weighted by molar-refractivity contribution is 0.0662. The minimum absolute atomic E-state index is 0.407. The van der Waals surface area contributed by atoms with Gasteiger partial charge in [-0.05, 0) is 97.1 Å². The van der Waals surface area contributed by atoms with Crippen LogP contribution in [0.25, 0.3) is 0 Å². The van der Waals surface area contributed by atoms with Crippen molar-refractivity contribution in [3.8, 4) is 0 Å². The summed E-state index contributed by atoms with van der Waals surface area (Å²) >= 11 is 0. The van der Waals surface area contributed by atoms with E-state index in [-0.39, 0.29) is 0 Å². The van der Waals surface area contributed by atoms with Crippen LogP contribution in [0.15, 0.2) is 42.5 Å². The molecule has 198 valence electrons. The summed E-state index contributed by atoms with van der Waals surface area (Å²) in [6, 6.07) is 17.5. The van der Waals surface area contributed by atoms with Crippen LogP contribution in [0.5, 0.6) is 0 Å². The summed E-state index contributed by atoms with van der Waals surface area (Å²) < 4.78 is 5.51. The lowest BCUT2D eigenvalue weighted by Gasteiger charge is -2.27. The van der Waals surface area contributed by atoms with E-state index in [2.05, 4.69) is 73.9 Å². The molecule has 4 nitrogen and oxygen atoms in total. The van der Waals surface area contributed by atoms with Gasteiger partial charge < -0.3 is 21.1 Å². The largest absolute Gasteiger partial charge is 0.381 e. The molecule has 4 heteroatoms. The Morgan fingerprint density at radius 1 is 0.833 bits per heavy atom. The molecule has 4 rings (SSSR count). The Labute approximate surface area is 219 Å². The van der Waals surface area contributed by atoms with Crippen LogP contribution in [0.4, 0.5) is 0 Å². The van der Waals surface area contributed by atoms with E-state index in [1.54, 1.807) is 0 Å². The smallest absolute Gasteiger partial charge is 0.0469 e. The van der Waals surface area contributed by atoms with Crippen LogP contribution in [-0.2, 0) is 24.2 Å². The molecule has 36 heavy (non-hydrogen) atoms. The van der Waals surface area contributed by atoms with Crippen molar-refractivity contribution in [3.05, 3.63) is 70.3 Å². The number of ether oxygens (including phenoxy) is 1. The number of nitrogens with one attached hydrogen (secondary N) is 2. The fourth-order valence-corrected chi connectivity index (χ4v) is 5.78. The van der Waals surface area contributed by atoms with Crippen molar-refractivity contribution >= 4 is 0 Å². The van der Waals surface area contributed by atoms with Crippen LogP contribution in [0.1, 0.15) is 98.9 Å². The Bertz CT molecular complexity index is 929. The summed E-state index contributed by atoms with van der Waals surface area (Å²) in [6.45, 7) is 11.8. The fraction of sp³-hybridized carbons (Fsp3) is 0.625. The molecule has 2 aromatic rings. The van der Waals surface area contributed by atoms with Gasteiger partial charge in [0.1, 0.15) is 0 Å². The third-order valence-electron chi connectivity index (χ3n) is 8.27. The molecule has 1 aliphatic heterocycles. The first-order valence-electron chi connectivity index (χ1n) is 14.4. The van der Waals surface area contributed by atoms with Crippen LogP contribution >= 0.6 is 0 Å². The molecule has 2 aromatic carbocycles. The molecule has 2 aliphatic rings. The van der Waals surface area contributed by atoms with Crippen molar-refractivity contribution in [2.24, 2.45) is 11.7 Å². The van der Waals surface area contributed by atoms with E-state index < -0.39 is 0 Å². The molecule has 4 N–H and O–H groups in total. The number of rotatable bonds is 11. The fourth-order valence-electron chi connectivity index (χ4n) is 5.78. The SMILES string of the molecule is CC(C)c1cc(CNCC2CCOCC2)cc(CC(C)c2cccc(CNC3CCC(N)CC3)c2)c1. The maximum Gasteiger partial charge on any atom is 0.0469 e. The molecule has 0 aromatic heterocycles. The van der Waals surface area contributed by atoms with Crippen molar-refractivity contribution < 1.29 is 4.74 Å². The molecular weight excluding hydrogens is 442 g/mol. The molecule has 1 saturated carbocycles. The predicted molar refractivity (Wildman–Crippen MR) is 151 cm³/mol. The Morgan fingerprint density at radius 2 is 1.56 bits per heavy atom. The Hall–Kier alpha value is -1.72.